The molecular weight excluding hydrogens is 190 g/mol. The molecule has 78 valence electrons. The first kappa shape index (κ1) is 12.7. The summed E-state index contributed by atoms with van der Waals surface area (Å²) in [6.45, 7) is 2.19. The Bertz CT molecular complexity index is 142. The Morgan fingerprint density at radius 1 is 1.38 bits per heavy atom. The van der Waals surface area contributed by atoms with Gasteiger partial charge in [-0.15, -0.1) is 11.6 Å². The summed E-state index contributed by atoms with van der Waals surface area (Å²) in [7, 11) is 0. The van der Waals surface area contributed by atoms with Crippen molar-refractivity contribution in [2.24, 2.45) is 5.92 Å². The molecule has 0 aliphatic carbocycles. The second-order valence-corrected chi connectivity index (χ2v) is 3.73. The van der Waals surface area contributed by atoms with Crippen LogP contribution in [-0.2, 0) is 0 Å². The van der Waals surface area contributed by atoms with Crippen molar-refractivity contribution in [3.63, 3.8) is 0 Å². The predicted molar refractivity (Wildman–Crippen MR) is 54.8 cm³/mol. The highest BCUT2D eigenvalue weighted by Gasteiger charge is 2.13. The average Bonchev–Trinajstić information content (AvgIpc) is 2.04. The number of hydrogen-bond donors (Lipinski definition) is 0. The van der Waals surface area contributed by atoms with Crippen LogP contribution in [0.15, 0.2) is 0 Å². The Hall–Kier alpha value is -0.310. The van der Waals surface area contributed by atoms with Gasteiger partial charge in [-0.2, -0.15) is 0 Å². The molecule has 13 heavy (non-hydrogen) atoms. The number of halogens is 1. The Morgan fingerprint density at radius 2 is 2.08 bits per heavy atom. The first-order valence-electron chi connectivity index (χ1n) is 4.88. The molecule has 0 spiro atoms. The van der Waals surface area contributed by atoms with Crippen molar-refractivity contribution in [2.75, 3.05) is 12.4 Å². The highest BCUT2D eigenvalue weighted by Crippen LogP contribution is 2.15. The van der Waals surface area contributed by atoms with Crippen LogP contribution in [0.25, 0.3) is 0 Å². The second-order valence-electron chi connectivity index (χ2n) is 3.35. The molecule has 0 aliphatic heterocycles. The summed E-state index contributed by atoms with van der Waals surface area (Å²) in [6, 6.07) is 0. The number of nitro groups is 1. The van der Waals surface area contributed by atoms with Crippen LogP contribution in [0.2, 0.25) is 0 Å². The zero-order valence-electron chi connectivity index (χ0n) is 8.17. The minimum atomic E-state index is -0.207. The van der Waals surface area contributed by atoms with Gasteiger partial charge in [-0.1, -0.05) is 19.8 Å². The van der Waals surface area contributed by atoms with Gasteiger partial charge in [0.25, 0.3) is 0 Å². The van der Waals surface area contributed by atoms with Gasteiger partial charge in [0.1, 0.15) is 0 Å². The number of rotatable bonds is 8. The van der Waals surface area contributed by atoms with Gasteiger partial charge in [-0.05, 0) is 19.3 Å². The van der Waals surface area contributed by atoms with Crippen molar-refractivity contribution in [2.45, 2.75) is 39.0 Å². The maximum Gasteiger partial charge on any atom is 0.206 e. The molecule has 0 heterocycles. The van der Waals surface area contributed by atoms with Crippen LogP contribution in [-0.4, -0.2) is 17.3 Å². The van der Waals surface area contributed by atoms with E-state index in [-0.39, 0.29) is 17.4 Å². The Balaban J connectivity index is 3.59. The van der Waals surface area contributed by atoms with Crippen LogP contribution in [0, 0.1) is 16.0 Å². The van der Waals surface area contributed by atoms with Gasteiger partial charge in [-0.25, -0.2) is 0 Å². The van der Waals surface area contributed by atoms with E-state index >= 15 is 0 Å². The van der Waals surface area contributed by atoms with Gasteiger partial charge in [-0.3, -0.25) is 10.1 Å². The zero-order valence-corrected chi connectivity index (χ0v) is 8.92. The van der Waals surface area contributed by atoms with Crippen LogP contribution >= 0.6 is 11.6 Å². The van der Waals surface area contributed by atoms with Crippen molar-refractivity contribution in [3.8, 4) is 0 Å². The molecule has 1 atom stereocenters. The van der Waals surface area contributed by atoms with E-state index in [0.717, 1.165) is 32.1 Å². The van der Waals surface area contributed by atoms with E-state index in [9.17, 15) is 10.1 Å². The zero-order chi connectivity index (χ0) is 10.1. The Kier molecular flexibility index (Phi) is 8.10. The molecular formula is C9H18ClNO2. The van der Waals surface area contributed by atoms with E-state index in [1.165, 1.54) is 0 Å². The van der Waals surface area contributed by atoms with E-state index in [0.29, 0.717) is 5.88 Å². The van der Waals surface area contributed by atoms with Gasteiger partial charge < -0.3 is 0 Å². The van der Waals surface area contributed by atoms with Crippen molar-refractivity contribution in [1.29, 1.82) is 0 Å². The third kappa shape index (κ3) is 8.03. The molecule has 0 rings (SSSR count). The van der Waals surface area contributed by atoms with E-state index in [4.69, 9.17) is 11.6 Å². The summed E-state index contributed by atoms with van der Waals surface area (Å²) in [5, 5.41) is 10.3. The molecule has 0 aromatic heterocycles. The van der Waals surface area contributed by atoms with Gasteiger partial charge in [0.2, 0.25) is 6.54 Å². The number of unbranched alkanes of at least 4 members (excludes halogenated alkanes) is 1. The fourth-order valence-corrected chi connectivity index (χ4v) is 1.66. The SMILES string of the molecule is CCCC(CCCCCl)C[N+](=O)[O-]. The highest BCUT2D eigenvalue weighted by molar-refractivity contribution is 6.17. The molecule has 0 radical (unpaired) electrons. The van der Waals surface area contributed by atoms with Crippen LogP contribution in [0.4, 0.5) is 0 Å². The third-order valence-corrected chi connectivity index (χ3v) is 2.37. The highest BCUT2D eigenvalue weighted by atomic mass is 35.5. The molecule has 0 aliphatic rings. The molecule has 3 nitrogen and oxygen atoms in total. The fraction of sp³-hybridized carbons (Fsp3) is 1.00. The standard InChI is InChI=1S/C9H18ClNO2/c1-2-5-9(8-11(12)13)6-3-4-7-10/h9H,2-8H2,1H3. The summed E-state index contributed by atoms with van der Waals surface area (Å²) in [5.74, 6) is 0.917. The van der Waals surface area contributed by atoms with Crippen molar-refractivity contribution in [3.05, 3.63) is 10.1 Å². The van der Waals surface area contributed by atoms with Gasteiger partial charge in [0.15, 0.2) is 0 Å². The number of hydrogen-bond acceptors (Lipinski definition) is 2. The lowest BCUT2D eigenvalue weighted by Crippen LogP contribution is -2.14. The lowest BCUT2D eigenvalue weighted by atomic mass is 9.97. The smallest absolute Gasteiger partial charge is 0.206 e. The molecule has 0 saturated heterocycles. The van der Waals surface area contributed by atoms with E-state index in [1.54, 1.807) is 0 Å². The number of alkyl halides is 1. The lowest BCUT2D eigenvalue weighted by molar-refractivity contribution is -0.488. The largest absolute Gasteiger partial charge is 0.265 e. The van der Waals surface area contributed by atoms with E-state index in [1.807, 2.05) is 0 Å². The Labute approximate surface area is 84.6 Å². The minimum absolute atomic E-state index is 0.121. The minimum Gasteiger partial charge on any atom is -0.265 e. The van der Waals surface area contributed by atoms with E-state index < -0.39 is 0 Å². The first-order valence-corrected chi connectivity index (χ1v) is 5.42. The van der Waals surface area contributed by atoms with E-state index in [2.05, 4.69) is 6.92 Å². The molecule has 0 N–H and O–H groups in total. The summed E-state index contributed by atoms with van der Waals surface area (Å²) in [4.78, 5) is 10.1. The monoisotopic (exact) mass is 207 g/mol. The first-order chi connectivity index (χ1) is 6.20. The molecule has 4 heteroatoms. The lowest BCUT2D eigenvalue weighted by Gasteiger charge is -2.10. The van der Waals surface area contributed by atoms with Crippen LogP contribution in [0.1, 0.15) is 39.0 Å². The van der Waals surface area contributed by atoms with Crippen LogP contribution in [0.5, 0.6) is 0 Å². The molecule has 0 aromatic carbocycles. The summed E-state index contributed by atoms with van der Waals surface area (Å²) in [6.07, 6.45) is 4.92. The molecule has 0 saturated carbocycles. The van der Waals surface area contributed by atoms with Gasteiger partial charge in [0.05, 0.1) is 0 Å². The maximum atomic E-state index is 10.3. The third-order valence-electron chi connectivity index (χ3n) is 2.10. The molecule has 0 bridgehead atoms. The van der Waals surface area contributed by atoms with Gasteiger partial charge >= 0.3 is 0 Å². The predicted octanol–water partition coefficient (Wildman–Crippen LogP) is 3.09. The molecule has 1 unspecified atom stereocenters. The summed E-state index contributed by atoms with van der Waals surface area (Å²) < 4.78 is 0. The van der Waals surface area contributed by atoms with Crippen LogP contribution < -0.4 is 0 Å². The number of nitrogens with zero attached hydrogens (tertiary/aromatic N) is 1. The van der Waals surface area contributed by atoms with Gasteiger partial charge in [0, 0.05) is 16.7 Å². The fourth-order valence-electron chi connectivity index (χ4n) is 1.47. The van der Waals surface area contributed by atoms with Crippen molar-refractivity contribution < 1.29 is 4.92 Å². The van der Waals surface area contributed by atoms with Crippen molar-refractivity contribution in [1.82, 2.24) is 0 Å². The maximum absolute atomic E-state index is 10.3. The van der Waals surface area contributed by atoms with Crippen LogP contribution in [0.3, 0.4) is 0 Å². The molecule has 0 aromatic rings. The molecule has 0 fully saturated rings. The molecule has 0 amide bonds. The second kappa shape index (κ2) is 8.30. The average molecular weight is 208 g/mol. The quantitative estimate of drug-likeness (QED) is 0.266. The summed E-state index contributed by atoms with van der Waals surface area (Å²) in [5.41, 5.74) is 0. The Morgan fingerprint density at radius 3 is 2.54 bits per heavy atom. The normalized spacial score (nSPS) is 12.8. The summed E-state index contributed by atoms with van der Waals surface area (Å²) >= 11 is 5.53. The topological polar surface area (TPSA) is 43.1 Å². The van der Waals surface area contributed by atoms with Crippen molar-refractivity contribution >= 4 is 11.6 Å².